The van der Waals surface area contributed by atoms with E-state index in [1.165, 1.54) is 0 Å². The molecule has 0 fully saturated rings. The normalized spacial score (nSPS) is 19.9. The number of fused-ring (bicyclic) bond motifs is 2. The molecule has 0 saturated carbocycles. The highest BCUT2D eigenvalue weighted by Gasteiger charge is 2.52. The molecule has 114 valence electrons. The van der Waals surface area contributed by atoms with Crippen LogP contribution in [0.25, 0.3) is 0 Å². The quantitative estimate of drug-likeness (QED) is 0.749. The Hall–Kier alpha value is -1.65. The zero-order valence-electron chi connectivity index (χ0n) is 12.4. The molecule has 0 amide bonds. The van der Waals surface area contributed by atoms with Crippen molar-refractivity contribution in [1.82, 2.24) is 0 Å². The molecule has 1 heterocycles. The Balaban J connectivity index is 2.43. The standard InChI is InChI=1S/C18H16BrFO2/c1-4-17(2,3)18(21)11-7-5-6-8-13(11)22-14-10-9-12(19)16(20)15(14)18/h4-10,21H,1H2,2-3H3. The van der Waals surface area contributed by atoms with Gasteiger partial charge in [0.2, 0.25) is 0 Å². The number of ether oxygens (including phenoxy) is 1. The van der Waals surface area contributed by atoms with Crippen molar-refractivity contribution in [2.24, 2.45) is 5.41 Å². The lowest BCUT2D eigenvalue weighted by Gasteiger charge is -2.45. The summed E-state index contributed by atoms with van der Waals surface area (Å²) >= 11 is 3.19. The average Bonchev–Trinajstić information content (AvgIpc) is 2.51. The average molecular weight is 363 g/mol. The fraction of sp³-hybridized carbons (Fsp3) is 0.222. The number of para-hydroxylation sites is 1. The van der Waals surface area contributed by atoms with Gasteiger partial charge in [-0.2, -0.15) is 0 Å². The highest BCUT2D eigenvalue weighted by Crippen LogP contribution is 2.56. The zero-order valence-corrected chi connectivity index (χ0v) is 13.9. The number of hydrogen-bond acceptors (Lipinski definition) is 2. The summed E-state index contributed by atoms with van der Waals surface area (Å²) in [4.78, 5) is 0. The molecule has 0 saturated heterocycles. The Labute approximate surface area is 137 Å². The smallest absolute Gasteiger partial charge is 0.147 e. The molecule has 0 aliphatic carbocycles. The third-order valence-corrected chi connectivity index (χ3v) is 4.97. The van der Waals surface area contributed by atoms with Crippen molar-refractivity contribution in [3.05, 3.63) is 70.5 Å². The van der Waals surface area contributed by atoms with Gasteiger partial charge in [0.25, 0.3) is 0 Å². The monoisotopic (exact) mass is 362 g/mol. The van der Waals surface area contributed by atoms with Gasteiger partial charge in [0.15, 0.2) is 0 Å². The van der Waals surface area contributed by atoms with Gasteiger partial charge >= 0.3 is 0 Å². The van der Waals surface area contributed by atoms with Gasteiger partial charge in [-0.05, 0) is 34.1 Å². The molecule has 4 heteroatoms. The van der Waals surface area contributed by atoms with E-state index in [0.717, 1.165) is 0 Å². The lowest BCUT2D eigenvalue weighted by atomic mass is 9.66. The maximum Gasteiger partial charge on any atom is 0.147 e. The van der Waals surface area contributed by atoms with Crippen molar-refractivity contribution in [2.75, 3.05) is 0 Å². The molecule has 0 bridgehead atoms. The second-order valence-corrected chi connectivity index (χ2v) is 6.82. The van der Waals surface area contributed by atoms with Gasteiger partial charge in [0, 0.05) is 11.0 Å². The molecule has 2 aromatic carbocycles. The van der Waals surface area contributed by atoms with Crippen LogP contribution in [0, 0.1) is 11.2 Å². The van der Waals surface area contributed by atoms with Crippen molar-refractivity contribution >= 4 is 15.9 Å². The number of hydrogen-bond donors (Lipinski definition) is 1. The lowest BCUT2D eigenvalue weighted by Crippen LogP contribution is -2.44. The predicted molar refractivity (Wildman–Crippen MR) is 87.6 cm³/mol. The van der Waals surface area contributed by atoms with Crippen LogP contribution in [0.5, 0.6) is 11.5 Å². The van der Waals surface area contributed by atoms with Gasteiger partial charge in [-0.1, -0.05) is 38.1 Å². The van der Waals surface area contributed by atoms with Gasteiger partial charge in [-0.3, -0.25) is 0 Å². The van der Waals surface area contributed by atoms with Crippen LogP contribution < -0.4 is 4.74 Å². The fourth-order valence-electron chi connectivity index (χ4n) is 2.88. The molecule has 2 nitrogen and oxygen atoms in total. The summed E-state index contributed by atoms with van der Waals surface area (Å²) in [6, 6.07) is 10.4. The minimum absolute atomic E-state index is 0.130. The van der Waals surface area contributed by atoms with Crippen molar-refractivity contribution in [3.8, 4) is 11.5 Å². The highest BCUT2D eigenvalue weighted by atomic mass is 79.9. The Morgan fingerprint density at radius 1 is 1.23 bits per heavy atom. The molecule has 1 unspecified atom stereocenters. The third-order valence-electron chi connectivity index (χ3n) is 4.36. The van der Waals surface area contributed by atoms with E-state index in [-0.39, 0.29) is 10.0 Å². The number of rotatable bonds is 2. The van der Waals surface area contributed by atoms with Crippen LogP contribution in [0.3, 0.4) is 0 Å². The third kappa shape index (κ3) is 1.87. The Kier molecular flexibility index (Phi) is 3.42. The summed E-state index contributed by atoms with van der Waals surface area (Å²) < 4.78 is 20.9. The Morgan fingerprint density at radius 3 is 2.59 bits per heavy atom. The minimum atomic E-state index is -1.58. The zero-order chi connectivity index (χ0) is 16.1. The molecule has 2 aromatic rings. The van der Waals surface area contributed by atoms with Crippen molar-refractivity contribution in [1.29, 1.82) is 0 Å². The van der Waals surface area contributed by atoms with E-state index >= 15 is 0 Å². The molecule has 0 aromatic heterocycles. The number of aliphatic hydroxyl groups is 1. The van der Waals surface area contributed by atoms with E-state index in [1.54, 1.807) is 36.4 Å². The molecule has 1 N–H and O–H groups in total. The molecule has 0 radical (unpaired) electrons. The highest BCUT2D eigenvalue weighted by molar-refractivity contribution is 9.10. The summed E-state index contributed by atoms with van der Waals surface area (Å²) in [5.41, 5.74) is -1.72. The first kappa shape index (κ1) is 15.3. The first-order chi connectivity index (χ1) is 10.3. The Morgan fingerprint density at radius 2 is 1.91 bits per heavy atom. The van der Waals surface area contributed by atoms with Gasteiger partial charge in [-0.15, -0.1) is 6.58 Å². The number of benzene rings is 2. The van der Waals surface area contributed by atoms with Crippen LogP contribution >= 0.6 is 15.9 Å². The van der Waals surface area contributed by atoms with E-state index in [1.807, 2.05) is 19.9 Å². The van der Waals surface area contributed by atoms with Crippen LogP contribution in [-0.4, -0.2) is 5.11 Å². The maximum absolute atomic E-state index is 14.8. The van der Waals surface area contributed by atoms with Crippen LogP contribution in [0.1, 0.15) is 25.0 Å². The van der Waals surface area contributed by atoms with Gasteiger partial charge < -0.3 is 9.84 Å². The van der Waals surface area contributed by atoms with Gasteiger partial charge in [0.1, 0.15) is 22.9 Å². The van der Waals surface area contributed by atoms with E-state index in [0.29, 0.717) is 17.1 Å². The van der Waals surface area contributed by atoms with Crippen LogP contribution in [0.2, 0.25) is 0 Å². The van der Waals surface area contributed by atoms with Gasteiger partial charge in [0.05, 0.1) is 10.0 Å². The molecule has 22 heavy (non-hydrogen) atoms. The van der Waals surface area contributed by atoms with Crippen molar-refractivity contribution in [3.63, 3.8) is 0 Å². The van der Waals surface area contributed by atoms with Crippen LogP contribution in [0.4, 0.5) is 4.39 Å². The molecule has 3 rings (SSSR count). The summed E-state index contributed by atoms with van der Waals surface area (Å²) in [7, 11) is 0. The molecular formula is C18H16BrFO2. The SMILES string of the molecule is C=CC(C)(C)C1(O)c2ccccc2Oc2ccc(Br)c(F)c21. The van der Waals surface area contributed by atoms with E-state index in [4.69, 9.17) is 4.74 Å². The Bertz CT molecular complexity index is 770. The lowest BCUT2D eigenvalue weighted by molar-refractivity contribution is -0.0199. The fourth-order valence-corrected chi connectivity index (χ4v) is 3.21. The topological polar surface area (TPSA) is 29.5 Å². The maximum atomic E-state index is 14.8. The predicted octanol–water partition coefficient (Wildman–Crippen LogP) is 5.14. The van der Waals surface area contributed by atoms with Crippen LogP contribution in [0.15, 0.2) is 53.5 Å². The first-order valence-corrected chi connectivity index (χ1v) is 7.74. The summed E-state index contributed by atoms with van der Waals surface area (Å²) in [5.74, 6) is 0.315. The van der Waals surface area contributed by atoms with E-state index in [2.05, 4.69) is 22.5 Å². The van der Waals surface area contributed by atoms with Crippen molar-refractivity contribution < 1.29 is 14.2 Å². The first-order valence-electron chi connectivity index (χ1n) is 6.94. The number of halogens is 2. The second kappa shape index (κ2) is 4.93. The van der Waals surface area contributed by atoms with Gasteiger partial charge in [-0.25, -0.2) is 4.39 Å². The summed E-state index contributed by atoms with van der Waals surface area (Å²) in [5, 5.41) is 11.6. The molecule has 1 atom stereocenters. The molecule has 1 aliphatic rings. The van der Waals surface area contributed by atoms with Crippen molar-refractivity contribution in [2.45, 2.75) is 19.4 Å². The van der Waals surface area contributed by atoms with Crippen LogP contribution in [-0.2, 0) is 5.60 Å². The van der Waals surface area contributed by atoms with E-state index in [9.17, 15) is 9.50 Å². The van der Waals surface area contributed by atoms with E-state index < -0.39 is 16.8 Å². The summed E-state index contributed by atoms with van der Waals surface area (Å²) in [6.07, 6.45) is 1.64. The summed E-state index contributed by atoms with van der Waals surface area (Å²) in [6.45, 7) is 7.47. The molecule has 0 spiro atoms. The molecular weight excluding hydrogens is 347 g/mol. The second-order valence-electron chi connectivity index (χ2n) is 5.97. The largest absolute Gasteiger partial charge is 0.456 e. The molecule has 1 aliphatic heterocycles. The minimum Gasteiger partial charge on any atom is -0.456 e.